The number of nitrogens with one attached hydrogen (secondary N) is 1. The first-order valence-electron chi connectivity index (χ1n) is 6.80. The van der Waals surface area contributed by atoms with Gasteiger partial charge in [0.25, 0.3) is 0 Å². The van der Waals surface area contributed by atoms with Crippen LogP contribution in [0, 0.1) is 0 Å². The van der Waals surface area contributed by atoms with E-state index in [1.54, 1.807) is 14.2 Å². The zero-order chi connectivity index (χ0) is 14.1. The molecule has 108 valence electrons. The molecule has 0 radical (unpaired) electrons. The topological polar surface area (TPSA) is 39.7 Å². The van der Waals surface area contributed by atoms with Gasteiger partial charge in [-0.3, -0.25) is 0 Å². The van der Waals surface area contributed by atoms with Crippen molar-refractivity contribution >= 4 is 0 Å². The minimum Gasteiger partial charge on any atom is -0.496 e. The molecule has 4 heteroatoms. The van der Waals surface area contributed by atoms with E-state index < -0.39 is 0 Å². The first-order valence-corrected chi connectivity index (χ1v) is 6.80. The molecule has 0 fully saturated rings. The van der Waals surface area contributed by atoms with Crippen LogP contribution in [0.5, 0.6) is 11.5 Å². The summed E-state index contributed by atoms with van der Waals surface area (Å²) in [7, 11) is 3.37. The molecule has 0 aliphatic carbocycles. The van der Waals surface area contributed by atoms with E-state index in [0.717, 1.165) is 43.2 Å². The van der Waals surface area contributed by atoms with Gasteiger partial charge in [0.05, 0.1) is 19.8 Å². The van der Waals surface area contributed by atoms with Crippen molar-refractivity contribution in [2.24, 2.45) is 0 Å². The Labute approximate surface area is 116 Å². The summed E-state index contributed by atoms with van der Waals surface area (Å²) in [6.45, 7) is 6.44. The summed E-state index contributed by atoms with van der Waals surface area (Å²) in [5.74, 6) is 1.70. The normalized spacial score (nSPS) is 12.2. The van der Waals surface area contributed by atoms with Gasteiger partial charge < -0.3 is 19.5 Å². The van der Waals surface area contributed by atoms with Crippen molar-refractivity contribution in [2.75, 3.05) is 34.0 Å². The summed E-state index contributed by atoms with van der Waals surface area (Å²) in [4.78, 5) is 0. The fraction of sp³-hybridized carbons (Fsp3) is 0.600. The van der Waals surface area contributed by atoms with E-state index in [-0.39, 0.29) is 6.04 Å². The van der Waals surface area contributed by atoms with Crippen molar-refractivity contribution in [2.45, 2.75) is 26.3 Å². The Morgan fingerprint density at radius 2 is 1.74 bits per heavy atom. The molecule has 0 saturated carbocycles. The van der Waals surface area contributed by atoms with E-state index >= 15 is 0 Å². The van der Waals surface area contributed by atoms with E-state index in [9.17, 15) is 0 Å². The van der Waals surface area contributed by atoms with Crippen LogP contribution in [0.2, 0.25) is 0 Å². The van der Waals surface area contributed by atoms with Crippen LogP contribution in [-0.4, -0.2) is 34.0 Å². The summed E-state index contributed by atoms with van der Waals surface area (Å²) >= 11 is 0. The lowest BCUT2D eigenvalue weighted by atomic mass is 10.0. The molecule has 1 N–H and O–H groups in total. The summed E-state index contributed by atoms with van der Waals surface area (Å²) in [6, 6.07) is 6.03. The maximum Gasteiger partial charge on any atom is 0.127 e. The molecule has 0 aliphatic rings. The van der Waals surface area contributed by atoms with Gasteiger partial charge >= 0.3 is 0 Å². The van der Waals surface area contributed by atoms with Crippen molar-refractivity contribution in [1.82, 2.24) is 5.32 Å². The van der Waals surface area contributed by atoms with E-state index in [1.807, 2.05) is 25.1 Å². The Morgan fingerprint density at radius 3 is 2.21 bits per heavy atom. The molecule has 0 aliphatic heterocycles. The molecule has 1 unspecified atom stereocenters. The van der Waals surface area contributed by atoms with Crippen LogP contribution in [-0.2, 0) is 4.74 Å². The summed E-state index contributed by atoms with van der Waals surface area (Å²) in [5.41, 5.74) is 1.06. The second-order valence-corrected chi connectivity index (χ2v) is 4.17. The molecule has 4 nitrogen and oxygen atoms in total. The Morgan fingerprint density at radius 1 is 1.11 bits per heavy atom. The molecule has 1 atom stereocenters. The van der Waals surface area contributed by atoms with Gasteiger partial charge in [-0.25, -0.2) is 0 Å². The van der Waals surface area contributed by atoms with Gasteiger partial charge in [0.15, 0.2) is 0 Å². The van der Waals surface area contributed by atoms with Crippen LogP contribution in [0.1, 0.15) is 31.9 Å². The maximum absolute atomic E-state index is 5.46. The number of hydrogen-bond donors (Lipinski definition) is 1. The predicted octanol–water partition coefficient (Wildman–Crippen LogP) is 2.78. The SMILES string of the molecule is CCNC(CCOCC)c1c(OC)cccc1OC. The first kappa shape index (κ1) is 15.8. The number of ether oxygens (including phenoxy) is 3. The quantitative estimate of drug-likeness (QED) is 0.698. The molecule has 0 amide bonds. The largest absolute Gasteiger partial charge is 0.496 e. The zero-order valence-electron chi connectivity index (χ0n) is 12.4. The van der Waals surface area contributed by atoms with Crippen LogP contribution >= 0.6 is 0 Å². The van der Waals surface area contributed by atoms with E-state index in [4.69, 9.17) is 14.2 Å². The fourth-order valence-electron chi connectivity index (χ4n) is 2.16. The molecular weight excluding hydrogens is 242 g/mol. The molecule has 0 bridgehead atoms. The maximum atomic E-state index is 5.46. The van der Waals surface area contributed by atoms with Crippen molar-refractivity contribution in [1.29, 1.82) is 0 Å². The van der Waals surface area contributed by atoms with Gasteiger partial charge in [0.1, 0.15) is 11.5 Å². The zero-order valence-corrected chi connectivity index (χ0v) is 12.4. The highest BCUT2D eigenvalue weighted by molar-refractivity contribution is 5.47. The molecule has 1 aromatic carbocycles. The standard InChI is InChI=1S/C15H25NO3/c1-5-16-12(10-11-19-6-2)15-13(17-3)8-7-9-14(15)18-4/h7-9,12,16H,5-6,10-11H2,1-4H3. The highest BCUT2D eigenvalue weighted by Gasteiger charge is 2.19. The third-order valence-corrected chi connectivity index (χ3v) is 3.02. The minimum absolute atomic E-state index is 0.169. The van der Waals surface area contributed by atoms with Crippen molar-refractivity contribution in [3.63, 3.8) is 0 Å². The van der Waals surface area contributed by atoms with Crippen LogP contribution < -0.4 is 14.8 Å². The first-order chi connectivity index (χ1) is 9.28. The second-order valence-electron chi connectivity index (χ2n) is 4.17. The Balaban J connectivity index is 2.98. The van der Waals surface area contributed by atoms with Crippen LogP contribution in [0.4, 0.5) is 0 Å². The number of methoxy groups -OCH3 is 2. The van der Waals surface area contributed by atoms with Crippen molar-refractivity contribution < 1.29 is 14.2 Å². The van der Waals surface area contributed by atoms with Crippen LogP contribution in [0.25, 0.3) is 0 Å². The Kier molecular flexibility index (Phi) is 7.30. The van der Waals surface area contributed by atoms with Crippen LogP contribution in [0.15, 0.2) is 18.2 Å². The molecule has 0 spiro atoms. The van der Waals surface area contributed by atoms with Gasteiger partial charge in [-0.05, 0) is 32.0 Å². The van der Waals surface area contributed by atoms with Crippen molar-refractivity contribution in [3.05, 3.63) is 23.8 Å². The molecule has 0 aromatic heterocycles. The third kappa shape index (κ3) is 4.40. The average molecular weight is 267 g/mol. The van der Waals surface area contributed by atoms with E-state index in [1.165, 1.54) is 0 Å². The Hall–Kier alpha value is -1.26. The summed E-state index contributed by atoms with van der Waals surface area (Å²) < 4.78 is 16.4. The van der Waals surface area contributed by atoms with Gasteiger partial charge in [-0.15, -0.1) is 0 Å². The highest BCUT2D eigenvalue weighted by Crippen LogP contribution is 2.35. The fourth-order valence-corrected chi connectivity index (χ4v) is 2.16. The molecule has 1 aromatic rings. The van der Waals surface area contributed by atoms with Crippen LogP contribution in [0.3, 0.4) is 0 Å². The smallest absolute Gasteiger partial charge is 0.127 e. The molecule has 1 rings (SSSR count). The summed E-state index contributed by atoms with van der Waals surface area (Å²) in [6.07, 6.45) is 0.887. The van der Waals surface area contributed by atoms with Gasteiger partial charge in [0.2, 0.25) is 0 Å². The number of hydrogen-bond acceptors (Lipinski definition) is 4. The highest BCUT2D eigenvalue weighted by atomic mass is 16.5. The summed E-state index contributed by atoms with van der Waals surface area (Å²) in [5, 5.41) is 3.47. The minimum atomic E-state index is 0.169. The van der Waals surface area contributed by atoms with E-state index in [2.05, 4.69) is 12.2 Å². The lowest BCUT2D eigenvalue weighted by molar-refractivity contribution is 0.136. The molecule has 0 heterocycles. The predicted molar refractivity (Wildman–Crippen MR) is 77.1 cm³/mol. The van der Waals surface area contributed by atoms with E-state index in [0.29, 0.717) is 0 Å². The molecule has 19 heavy (non-hydrogen) atoms. The van der Waals surface area contributed by atoms with Gasteiger partial charge in [-0.2, -0.15) is 0 Å². The lowest BCUT2D eigenvalue weighted by Gasteiger charge is -2.23. The third-order valence-electron chi connectivity index (χ3n) is 3.02. The van der Waals surface area contributed by atoms with Gasteiger partial charge in [-0.1, -0.05) is 13.0 Å². The molecule has 0 saturated heterocycles. The van der Waals surface area contributed by atoms with Gasteiger partial charge in [0, 0.05) is 19.3 Å². The average Bonchev–Trinajstić information content (AvgIpc) is 2.45. The monoisotopic (exact) mass is 267 g/mol. The Bertz CT molecular complexity index is 346. The second kappa shape index (κ2) is 8.77. The number of benzene rings is 1. The lowest BCUT2D eigenvalue weighted by Crippen LogP contribution is -2.23. The molecular formula is C15H25NO3. The number of rotatable bonds is 9. The van der Waals surface area contributed by atoms with Crippen molar-refractivity contribution in [3.8, 4) is 11.5 Å².